The molecule has 0 saturated carbocycles. The van der Waals surface area contributed by atoms with Crippen LogP contribution in [0.15, 0.2) is 45.2 Å². The molecule has 5 rings (SSSR count). The molecule has 3 aromatic rings. The summed E-state index contributed by atoms with van der Waals surface area (Å²) in [6.45, 7) is 0. The first kappa shape index (κ1) is 16.0. The van der Waals surface area contributed by atoms with Gasteiger partial charge in [0.25, 0.3) is 5.56 Å². The molecule has 0 amide bonds. The number of nitrogens with zero attached hydrogens (tertiary/aromatic N) is 2. The van der Waals surface area contributed by atoms with Crippen molar-refractivity contribution in [2.24, 2.45) is 0 Å². The summed E-state index contributed by atoms with van der Waals surface area (Å²) in [5.41, 5.74) is 1.29. The average molecular weight is 387 g/mol. The maximum absolute atomic E-state index is 12.6. The maximum Gasteiger partial charge on any atom is 0.282 e. The van der Waals surface area contributed by atoms with Crippen LogP contribution in [0.5, 0.6) is 0 Å². The SMILES string of the molecule is O=c1nc2n(c3sc4c(c13)CCCC4)C(CSc1ccccc1)CS2. The Bertz CT molecular complexity index is 993. The summed E-state index contributed by atoms with van der Waals surface area (Å²) in [7, 11) is 0. The minimum Gasteiger partial charge on any atom is -0.307 e. The van der Waals surface area contributed by atoms with Gasteiger partial charge in [0, 0.05) is 21.3 Å². The van der Waals surface area contributed by atoms with E-state index in [0.717, 1.165) is 34.9 Å². The van der Waals surface area contributed by atoms with Crippen molar-refractivity contribution in [3.8, 4) is 0 Å². The summed E-state index contributed by atoms with van der Waals surface area (Å²) in [6, 6.07) is 11.0. The fraction of sp³-hybridized carbons (Fsp3) is 0.368. The summed E-state index contributed by atoms with van der Waals surface area (Å²) in [4.78, 5) is 21.0. The van der Waals surface area contributed by atoms with E-state index in [1.54, 1.807) is 11.8 Å². The van der Waals surface area contributed by atoms with Crippen molar-refractivity contribution in [3.05, 3.63) is 51.1 Å². The standard InChI is InChI=1S/C19H18N2OS3/c22-17-16-14-8-4-5-9-15(14)25-18(16)21-12(11-24-19(21)20-17)10-23-13-6-2-1-3-7-13/h1-3,6-7,12H,4-5,8-11H2. The Morgan fingerprint density at radius 2 is 2.04 bits per heavy atom. The van der Waals surface area contributed by atoms with Gasteiger partial charge in [0.2, 0.25) is 0 Å². The normalized spacial score (nSPS) is 19.1. The second-order valence-corrected chi connectivity index (χ2v) is 9.71. The van der Waals surface area contributed by atoms with Crippen LogP contribution < -0.4 is 5.56 Å². The minimum atomic E-state index is -0.00971. The molecule has 25 heavy (non-hydrogen) atoms. The fourth-order valence-corrected chi connectivity index (χ4v) is 7.52. The molecule has 1 unspecified atom stereocenters. The summed E-state index contributed by atoms with van der Waals surface area (Å²) < 4.78 is 2.36. The van der Waals surface area contributed by atoms with Gasteiger partial charge in [0.1, 0.15) is 4.83 Å². The Hall–Kier alpha value is -1.24. The van der Waals surface area contributed by atoms with Crippen LogP contribution in [-0.4, -0.2) is 21.1 Å². The molecule has 2 aromatic heterocycles. The van der Waals surface area contributed by atoms with Crippen molar-refractivity contribution in [2.75, 3.05) is 11.5 Å². The number of fused-ring (bicyclic) bond motifs is 5. The second kappa shape index (κ2) is 6.49. The Labute approximate surface area is 158 Å². The van der Waals surface area contributed by atoms with Crippen LogP contribution >= 0.6 is 34.9 Å². The summed E-state index contributed by atoms with van der Waals surface area (Å²) >= 11 is 5.47. The number of benzene rings is 1. The van der Waals surface area contributed by atoms with Gasteiger partial charge in [-0.05, 0) is 43.4 Å². The summed E-state index contributed by atoms with van der Waals surface area (Å²) in [6.07, 6.45) is 4.61. The Morgan fingerprint density at radius 1 is 1.20 bits per heavy atom. The molecule has 0 saturated heterocycles. The number of thiophene rings is 1. The van der Waals surface area contributed by atoms with Crippen LogP contribution in [-0.2, 0) is 12.8 Å². The third kappa shape index (κ3) is 2.75. The molecule has 6 heteroatoms. The van der Waals surface area contributed by atoms with E-state index in [9.17, 15) is 4.79 Å². The Morgan fingerprint density at radius 3 is 2.92 bits per heavy atom. The highest BCUT2D eigenvalue weighted by atomic mass is 32.2. The largest absolute Gasteiger partial charge is 0.307 e. The lowest BCUT2D eigenvalue weighted by atomic mass is 9.97. The van der Waals surface area contributed by atoms with Crippen molar-refractivity contribution >= 4 is 45.1 Å². The molecule has 2 aliphatic rings. The summed E-state index contributed by atoms with van der Waals surface area (Å²) in [5, 5.41) is 1.83. The number of aryl methyl sites for hydroxylation is 2. The van der Waals surface area contributed by atoms with E-state index in [-0.39, 0.29) is 5.56 Å². The molecule has 3 heterocycles. The molecular formula is C19H18N2OS3. The zero-order valence-electron chi connectivity index (χ0n) is 13.7. The molecule has 0 fully saturated rings. The van der Waals surface area contributed by atoms with Gasteiger partial charge in [-0.15, -0.1) is 23.1 Å². The zero-order valence-corrected chi connectivity index (χ0v) is 16.2. The number of rotatable bonds is 3. The molecule has 1 aromatic carbocycles. The van der Waals surface area contributed by atoms with Crippen LogP contribution in [0.2, 0.25) is 0 Å². The third-order valence-corrected chi connectivity index (χ3v) is 8.49. The van der Waals surface area contributed by atoms with Crippen molar-refractivity contribution in [3.63, 3.8) is 0 Å². The molecule has 0 N–H and O–H groups in total. The van der Waals surface area contributed by atoms with Crippen molar-refractivity contribution in [2.45, 2.75) is 41.8 Å². The van der Waals surface area contributed by atoms with E-state index in [2.05, 4.69) is 39.9 Å². The first-order valence-electron chi connectivity index (χ1n) is 8.68. The molecule has 1 aliphatic heterocycles. The van der Waals surface area contributed by atoms with Crippen molar-refractivity contribution in [1.29, 1.82) is 0 Å². The highest BCUT2D eigenvalue weighted by Crippen LogP contribution is 2.42. The lowest BCUT2D eigenvalue weighted by molar-refractivity contribution is 0.595. The first-order chi connectivity index (χ1) is 12.3. The van der Waals surface area contributed by atoms with E-state index in [4.69, 9.17) is 0 Å². The first-order valence-corrected chi connectivity index (χ1v) is 11.5. The van der Waals surface area contributed by atoms with Gasteiger partial charge in [-0.2, -0.15) is 4.98 Å². The van der Waals surface area contributed by atoms with Gasteiger partial charge in [0.05, 0.1) is 11.4 Å². The van der Waals surface area contributed by atoms with Crippen LogP contribution in [0.3, 0.4) is 0 Å². The van der Waals surface area contributed by atoms with Gasteiger partial charge in [-0.25, -0.2) is 0 Å². The number of aromatic nitrogens is 2. The molecular weight excluding hydrogens is 368 g/mol. The quantitative estimate of drug-likeness (QED) is 0.479. The van der Waals surface area contributed by atoms with Crippen LogP contribution in [0.25, 0.3) is 10.2 Å². The smallest absolute Gasteiger partial charge is 0.282 e. The lowest BCUT2D eigenvalue weighted by Crippen LogP contribution is -2.17. The van der Waals surface area contributed by atoms with E-state index >= 15 is 0 Å². The van der Waals surface area contributed by atoms with E-state index in [1.807, 2.05) is 23.1 Å². The predicted molar refractivity (Wildman–Crippen MR) is 107 cm³/mol. The highest BCUT2D eigenvalue weighted by Gasteiger charge is 2.29. The monoisotopic (exact) mass is 386 g/mol. The molecule has 0 radical (unpaired) electrons. The fourth-order valence-electron chi connectivity index (χ4n) is 3.73. The molecule has 128 valence electrons. The van der Waals surface area contributed by atoms with E-state index in [1.165, 1.54) is 33.0 Å². The zero-order chi connectivity index (χ0) is 16.8. The molecule has 1 aliphatic carbocycles. The van der Waals surface area contributed by atoms with E-state index in [0.29, 0.717) is 6.04 Å². The van der Waals surface area contributed by atoms with Gasteiger partial charge in [-0.3, -0.25) is 4.79 Å². The van der Waals surface area contributed by atoms with E-state index < -0.39 is 0 Å². The topological polar surface area (TPSA) is 34.9 Å². The second-order valence-electron chi connectivity index (χ2n) is 6.55. The van der Waals surface area contributed by atoms with Crippen LogP contribution in [0.1, 0.15) is 29.3 Å². The molecule has 0 bridgehead atoms. The molecule has 1 atom stereocenters. The van der Waals surface area contributed by atoms with Crippen molar-refractivity contribution in [1.82, 2.24) is 9.55 Å². The highest BCUT2D eigenvalue weighted by molar-refractivity contribution is 8.00. The number of hydrogen-bond acceptors (Lipinski definition) is 5. The van der Waals surface area contributed by atoms with Gasteiger partial charge in [0.15, 0.2) is 5.16 Å². The van der Waals surface area contributed by atoms with Gasteiger partial charge >= 0.3 is 0 Å². The van der Waals surface area contributed by atoms with Crippen molar-refractivity contribution < 1.29 is 0 Å². The third-order valence-electron chi connectivity index (χ3n) is 4.94. The van der Waals surface area contributed by atoms with Crippen LogP contribution in [0, 0.1) is 0 Å². The predicted octanol–water partition coefficient (Wildman–Crippen LogP) is 4.78. The number of hydrogen-bond donors (Lipinski definition) is 0. The minimum absolute atomic E-state index is 0.00971. The van der Waals surface area contributed by atoms with Crippen LogP contribution in [0.4, 0.5) is 0 Å². The van der Waals surface area contributed by atoms with Gasteiger partial charge in [-0.1, -0.05) is 30.0 Å². The lowest BCUT2D eigenvalue weighted by Gasteiger charge is -2.15. The Kier molecular flexibility index (Phi) is 4.14. The Balaban J connectivity index is 1.56. The maximum atomic E-state index is 12.6. The molecule has 3 nitrogen and oxygen atoms in total. The average Bonchev–Trinajstić information content (AvgIpc) is 3.22. The number of thioether (sulfide) groups is 2. The van der Waals surface area contributed by atoms with Gasteiger partial charge < -0.3 is 4.57 Å². The summed E-state index contributed by atoms with van der Waals surface area (Å²) in [5.74, 6) is 2.03. The molecule has 0 spiro atoms.